The van der Waals surface area contributed by atoms with Gasteiger partial charge in [0.1, 0.15) is 16.8 Å². The zero-order chi connectivity index (χ0) is 14.9. The maximum atomic E-state index is 12.0. The third-order valence-electron chi connectivity index (χ3n) is 3.02. The van der Waals surface area contributed by atoms with Crippen LogP contribution in [0.2, 0.25) is 5.02 Å². The van der Waals surface area contributed by atoms with Gasteiger partial charge in [0.15, 0.2) is 0 Å². The quantitative estimate of drug-likeness (QED) is 0.756. The summed E-state index contributed by atoms with van der Waals surface area (Å²) < 4.78 is 1.50. The highest BCUT2D eigenvalue weighted by Gasteiger charge is 2.18. The van der Waals surface area contributed by atoms with Gasteiger partial charge in [0.25, 0.3) is 5.91 Å². The number of rotatable bonds is 3. The van der Waals surface area contributed by atoms with Crippen molar-refractivity contribution in [3.8, 4) is 5.75 Å². The molecule has 5 nitrogen and oxygen atoms in total. The van der Waals surface area contributed by atoms with Crippen molar-refractivity contribution in [2.75, 3.05) is 6.54 Å². The number of benzene rings is 1. The number of nitrogens with one attached hydrogen (secondary N) is 2. The van der Waals surface area contributed by atoms with Crippen LogP contribution in [-0.4, -0.2) is 22.1 Å². The Bertz CT molecular complexity index is 765. The largest absolute Gasteiger partial charge is 0.506 e. The van der Waals surface area contributed by atoms with Gasteiger partial charge >= 0.3 is 0 Å². The minimum atomic E-state index is -0.514. The molecule has 3 N–H and O–H groups in total. The van der Waals surface area contributed by atoms with E-state index in [1.54, 1.807) is 25.2 Å². The molecule has 2 aromatic rings. The average Bonchev–Trinajstić information content (AvgIpc) is 2.42. The Kier molecular flexibility index (Phi) is 3.81. The summed E-state index contributed by atoms with van der Waals surface area (Å²) in [6.45, 7) is 3.77. The highest BCUT2D eigenvalue weighted by Crippen LogP contribution is 2.27. The maximum Gasteiger partial charge on any atom is 0.259 e. The fourth-order valence-electron chi connectivity index (χ4n) is 1.99. The number of carbonyl (C=O) groups is 1. The molecule has 0 atom stereocenters. The van der Waals surface area contributed by atoms with Gasteiger partial charge in [-0.3, -0.25) is 10.2 Å². The van der Waals surface area contributed by atoms with Gasteiger partial charge in [-0.1, -0.05) is 17.7 Å². The molecule has 0 spiro atoms. The summed E-state index contributed by atoms with van der Waals surface area (Å²) in [6, 6.07) is 4.88. The molecule has 1 aromatic heterocycles. The lowest BCUT2D eigenvalue weighted by atomic mass is 10.1. The molecule has 1 amide bonds. The van der Waals surface area contributed by atoms with Crippen LogP contribution in [0.4, 0.5) is 0 Å². The van der Waals surface area contributed by atoms with Crippen LogP contribution in [-0.2, 0) is 7.05 Å². The molecular weight excluding hydrogens is 278 g/mol. The maximum absolute atomic E-state index is 12.0. The van der Waals surface area contributed by atoms with Crippen LogP contribution in [0.25, 0.3) is 10.9 Å². The van der Waals surface area contributed by atoms with Crippen LogP contribution in [0.1, 0.15) is 10.4 Å². The van der Waals surface area contributed by atoms with Gasteiger partial charge in [0, 0.05) is 24.0 Å². The lowest BCUT2D eigenvalue weighted by molar-refractivity contribution is 0.0953. The highest BCUT2D eigenvalue weighted by molar-refractivity contribution is 6.31. The van der Waals surface area contributed by atoms with E-state index >= 15 is 0 Å². The van der Waals surface area contributed by atoms with E-state index in [2.05, 4.69) is 11.9 Å². The van der Waals surface area contributed by atoms with Gasteiger partial charge in [0.2, 0.25) is 0 Å². The van der Waals surface area contributed by atoms with Gasteiger partial charge in [-0.2, -0.15) is 0 Å². The Hall–Kier alpha value is -2.27. The van der Waals surface area contributed by atoms with Crippen LogP contribution < -0.4 is 10.8 Å². The summed E-state index contributed by atoms with van der Waals surface area (Å²) in [7, 11) is 1.64. The second-order valence-electron chi connectivity index (χ2n) is 4.29. The molecule has 0 aliphatic carbocycles. The Morgan fingerprint density at radius 2 is 2.30 bits per heavy atom. The zero-order valence-electron chi connectivity index (χ0n) is 10.9. The van der Waals surface area contributed by atoms with E-state index in [0.717, 1.165) is 0 Å². The van der Waals surface area contributed by atoms with E-state index in [9.17, 15) is 9.90 Å². The molecule has 0 fully saturated rings. The molecule has 0 aliphatic heterocycles. The van der Waals surface area contributed by atoms with Crippen LogP contribution in [0.15, 0.2) is 30.9 Å². The van der Waals surface area contributed by atoms with Gasteiger partial charge in [-0.15, -0.1) is 6.58 Å². The minimum absolute atomic E-state index is 0.0656. The minimum Gasteiger partial charge on any atom is -0.506 e. The first-order valence-electron chi connectivity index (χ1n) is 5.92. The van der Waals surface area contributed by atoms with Crippen molar-refractivity contribution in [2.24, 2.45) is 7.05 Å². The SMILES string of the molecule is C=CCNC(=O)c1c(O)c2ccc(Cl)cc2n(C)c1=N. The molecule has 1 heterocycles. The van der Waals surface area contributed by atoms with Gasteiger partial charge in [0.05, 0.1) is 5.52 Å². The lowest BCUT2D eigenvalue weighted by Gasteiger charge is -2.13. The number of aryl methyl sites for hydroxylation is 1. The number of fused-ring (bicyclic) bond motifs is 1. The van der Waals surface area contributed by atoms with E-state index in [1.165, 1.54) is 10.6 Å². The molecule has 1 aromatic carbocycles. The third kappa shape index (κ3) is 2.28. The number of halogens is 1. The van der Waals surface area contributed by atoms with Gasteiger partial charge in [-0.05, 0) is 18.2 Å². The molecule has 6 heteroatoms. The van der Waals surface area contributed by atoms with E-state index in [1.807, 2.05) is 0 Å². The van der Waals surface area contributed by atoms with E-state index < -0.39 is 5.91 Å². The lowest BCUT2D eigenvalue weighted by Crippen LogP contribution is -2.32. The first-order chi connectivity index (χ1) is 9.47. The third-order valence-corrected chi connectivity index (χ3v) is 3.25. The first kappa shape index (κ1) is 14.1. The molecule has 0 unspecified atom stereocenters. The summed E-state index contributed by atoms with van der Waals surface area (Å²) in [6.07, 6.45) is 1.53. The highest BCUT2D eigenvalue weighted by atomic mass is 35.5. The van der Waals surface area contributed by atoms with Crippen molar-refractivity contribution >= 4 is 28.4 Å². The molecule has 2 rings (SSSR count). The fraction of sp³-hybridized carbons (Fsp3) is 0.143. The van der Waals surface area contributed by atoms with Crippen molar-refractivity contribution in [1.82, 2.24) is 9.88 Å². The Morgan fingerprint density at radius 1 is 1.60 bits per heavy atom. The van der Waals surface area contributed by atoms with Crippen molar-refractivity contribution in [3.05, 3.63) is 46.9 Å². The van der Waals surface area contributed by atoms with Crippen molar-refractivity contribution in [1.29, 1.82) is 5.41 Å². The second-order valence-corrected chi connectivity index (χ2v) is 4.73. The average molecular weight is 292 g/mol. The molecular formula is C14H14ClN3O2. The predicted octanol–water partition coefficient (Wildman–Crippen LogP) is 1.93. The number of carbonyl (C=O) groups excluding carboxylic acids is 1. The molecule has 0 aliphatic rings. The summed E-state index contributed by atoms with van der Waals surface area (Å²) in [5.74, 6) is -0.735. The fourth-order valence-corrected chi connectivity index (χ4v) is 2.15. The monoisotopic (exact) mass is 291 g/mol. The number of amides is 1. The number of aromatic nitrogens is 1. The standard InChI is InChI=1S/C14H14ClN3O2/c1-3-6-17-14(20)11-12(19)9-5-4-8(15)7-10(9)18(2)13(11)16/h3-5,7,16,19H,1,6H2,2H3,(H,17,20). The first-order valence-corrected chi connectivity index (χ1v) is 6.30. The second kappa shape index (κ2) is 5.38. The normalized spacial score (nSPS) is 10.5. The smallest absolute Gasteiger partial charge is 0.259 e. The van der Waals surface area contributed by atoms with Crippen LogP contribution in [0.3, 0.4) is 0 Å². The van der Waals surface area contributed by atoms with Crippen molar-refractivity contribution in [2.45, 2.75) is 0 Å². The van der Waals surface area contributed by atoms with Crippen LogP contribution >= 0.6 is 11.6 Å². The Balaban J connectivity index is 2.74. The number of aromatic hydroxyl groups is 1. The van der Waals surface area contributed by atoms with Crippen molar-refractivity contribution in [3.63, 3.8) is 0 Å². The van der Waals surface area contributed by atoms with Gasteiger partial charge < -0.3 is 15.0 Å². The Labute approximate surface area is 120 Å². The van der Waals surface area contributed by atoms with E-state index in [-0.39, 0.29) is 23.3 Å². The molecule has 0 saturated heterocycles. The van der Waals surface area contributed by atoms with Crippen LogP contribution in [0, 0.1) is 5.41 Å². The predicted molar refractivity (Wildman–Crippen MR) is 78.0 cm³/mol. The summed E-state index contributed by atoms with van der Waals surface area (Å²) in [4.78, 5) is 12.0. The molecule has 0 bridgehead atoms. The molecule has 104 valence electrons. The number of hydrogen-bond acceptors (Lipinski definition) is 3. The van der Waals surface area contributed by atoms with Crippen LogP contribution in [0.5, 0.6) is 5.75 Å². The summed E-state index contributed by atoms with van der Waals surface area (Å²) in [5, 5.41) is 21.8. The van der Waals surface area contributed by atoms with Crippen molar-refractivity contribution < 1.29 is 9.90 Å². The zero-order valence-corrected chi connectivity index (χ0v) is 11.7. The van der Waals surface area contributed by atoms with Gasteiger partial charge in [-0.25, -0.2) is 0 Å². The van der Waals surface area contributed by atoms with E-state index in [0.29, 0.717) is 15.9 Å². The summed E-state index contributed by atoms with van der Waals surface area (Å²) in [5.41, 5.74) is 0.434. The summed E-state index contributed by atoms with van der Waals surface area (Å²) >= 11 is 5.92. The Morgan fingerprint density at radius 3 is 2.95 bits per heavy atom. The molecule has 20 heavy (non-hydrogen) atoms. The molecule has 0 saturated carbocycles. The van der Waals surface area contributed by atoms with E-state index in [4.69, 9.17) is 17.0 Å². The topological polar surface area (TPSA) is 78.1 Å². The molecule has 0 radical (unpaired) electrons. The number of nitrogens with zero attached hydrogens (tertiary/aromatic N) is 1. The number of pyridine rings is 1. The number of hydrogen-bond donors (Lipinski definition) is 3.